The zero-order chi connectivity index (χ0) is 20.1. The SMILES string of the molecule is COc1ccc(Cl)cc1Nc1nc(C)cc(Nc2ccc(OC(C)C)cc2)n1. The number of aryl methyl sites for hydroxylation is 1. The molecule has 0 radical (unpaired) electrons. The van der Waals surface area contributed by atoms with E-state index in [1.165, 1.54) is 0 Å². The number of rotatable bonds is 7. The lowest BCUT2D eigenvalue weighted by Crippen LogP contribution is -2.05. The highest BCUT2D eigenvalue weighted by atomic mass is 35.5. The van der Waals surface area contributed by atoms with Crippen LogP contribution in [0.3, 0.4) is 0 Å². The Bertz CT molecular complexity index is 946. The molecule has 28 heavy (non-hydrogen) atoms. The van der Waals surface area contributed by atoms with Crippen molar-refractivity contribution in [3.63, 3.8) is 0 Å². The molecule has 2 N–H and O–H groups in total. The average Bonchev–Trinajstić information content (AvgIpc) is 2.63. The van der Waals surface area contributed by atoms with Crippen LogP contribution < -0.4 is 20.1 Å². The summed E-state index contributed by atoms with van der Waals surface area (Å²) in [6, 6.07) is 14.9. The quantitative estimate of drug-likeness (QED) is 0.530. The Labute approximate surface area is 169 Å². The van der Waals surface area contributed by atoms with Gasteiger partial charge in [-0.25, -0.2) is 4.98 Å². The van der Waals surface area contributed by atoms with Crippen molar-refractivity contribution >= 4 is 34.7 Å². The zero-order valence-corrected chi connectivity index (χ0v) is 17.0. The fourth-order valence-corrected chi connectivity index (χ4v) is 2.80. The van der Waals surface area contributed by atoms with Gasteiger partial charge in [-0.2, -0.15) is 4.98 Å². The fraction of sp³-hybridized carbons (Fsp3) is 0.238. The van der Waals surface area contributed by atoms with Crippen molar-refractivity contribution in [2.75, 3.05) is 17.7 Å². The maximum atomic E-state index is 6.10. The second kappa shape index (κ2) is 8.80. The third-order valence-electron chi connectivity index (χ3n) is 3.76. The molecule has 0 bridgehead atoms. The Balaban J connectivity index is 1.79. The van der Waals surface area contributed by atoms with Gasteiger partial charge in [0.15, 0.2) is 0 Å². The van der Waals surface area contributed by atoms with E-state index in [1.54, 1.807) is 25.3 Å². The van der Waals surface area contributed by atoms with Crippen molar-refractivity contribution in [3.05, 3.63) is 59.2 Å². The first-order valence-electron chi connectivity index (χ1n) is 8.93. The summed E-state index contributed by atoms with van der Waals surface area (Å²) >= 11 is 6.10. The van der Waals surface area contributed by atoms with Crippen LogP contribution in [0.1, 0.15) is 19.5 Å². The minimum absolute atomic E-state index is 0.139. The van der Waals surface area contributed by atoms with Gasteiger partial charge in [0.25, 0.3) is 0 Å². The highest BCUT2D eigenvalue weighted by Crippen LogP contribution is 2.30. The Kier molecular flexibility index (Phi) is 6.21. The van der Waals surface area contributed by atoms with Gasteiger partial charge in [-0.1, -0.05) is 11.6 Å². The third-order valence-corrected chi connectivity index (χ3v) is 4.00. The van der Waals surface area contributed by atoms with Crippen molar-refractivity contribution in [3.8, 4) is 11.5 Å². The van der Waals surface area contributed by atoms with E-state index in [1.807, 2.05) is 51.1 Å². The highest BCUT2D eigenvalue weighted by molar-refractivity contribution is 6.31. The van der Waals surface area contributed by atoms with Gasteiger partial charge < -0.3 is 20.1 Å². The molecule has 0 unspecified atom stereocenters. The average molecular weight is 399 g/mol. The predicted octanol–water partition coefficient (Wildman–Crippen LogP) is 5.72. The van der Waals surface area contributed by atoms with Gasteiger partial charge in [0.05, 0.1) is 18.9 Å². The van der Waals surface area contributed by atoms with Gasteiger partial charge in [-0.3, -0.25) is 0 Å². The number of anilines is 4. The number of nitrogens with one attached hydrogen (secondary N) is 2. The second-order valence-electron chi connectivity index (χ2n) is 6.50. The molecule has 1 aromatic heterocycles. The van der Waals surface area contributed by atoms with E-state index in [-0.39, 0.29) is 6.10 Å². The zero-order valence-electron chi connectivity index (χ0n) is 16.3. The van der Waals surface area contributed by atoms with Gasteiger partial charge in [-0.05, 0) is 63.2 Å². The smallest absolute Gasteiger partial charge is 0.229 e. The summed E-state index contributed by atoms with van der Waals surface area (Å²) in [6.45, 7) is 5.91. The number of methoxy groups -OCH3 is 1. The van der Waals surface area contributed by atoms with Crippen LogP contribution >= 0.6 is 11.6 Å². The van der Waals surface area contributed by atoms with Gasteiger partial charge in [0.1, 0.15) is 17.3 Å². The predicted molar refractivity (Wildman–Crippen MR) is 114 cm³/mol. The molecule has 146 valence electrons. The second-order valence-corrected chi connectivity index (χ2v) is 6.94. The van der Waals surface area contributed by atoms with Crippen LogP contribution in [-0.4, -0.2) is 23.2 Å². The monoisotopic (exact) mass is 398 g/mol. The van der Waals surface area contributed by atoms with Gasteiger partial charge in [0.2, 0.25) is 5.95 Å². The normalized spacial score (nSPS) is 10.6. The van der Waals surface area contributed by atoms with E-state index in [0.29, 0.717) is 28.2 Å². The van der Waals surface area contributed by atoms with Crippen molar-refractivity contribution in [2.24, 2.45) is 0 Å². The Morgan fingerprint density at radius 1 is 0.964 bits per heavy atom. The molecular formula is C21H23ClN4O2. The molecule has 3 aromatic rings. The molecule has 0 spiro atoms. The molecule has 0 saturated heterocycles. The molecule has 6 nitrogen and oxygen atoms in total. The van der Waals surface area contributed by atoms with Crippen molar-refractivity contribution < 1.29 is 9.47 Å². The topological polar surface area (TPSA) is 68.3 Å². The molecule has 3 rings (SSSR count). The number of nitrogens with zero attached hydrogens (tertiary/aromatic N) is 2. The van der Waals surface area contributed by atoms with E-state index in [0.717, 1.165) is 17.1 Å². The minimum atomic E-state index is 0.139. The summed E-state index contributed by atoms with van der Waals surface area (Å²) in [4.78, 5) is 8.98. The maximum absolute atomic E-state index is 6.10. The number of hydrogen-bond donors (Lipinski definition) is 2. The molecule has 0 fully saturated rings. The first-order chi connectivity index (χ1) is 13.4. The Hall–Kier alpha value is -2.99. The summed E-state index contributed by atoms with van der Waals surface area (Å²) in [5.74, 6) is 2.61. The summed E-state index contributed by atoms with van der Waals surface area (Å²) in [6.07, 6.45) is 0.139. The van der Waals surface area contributed by atoms with Crippen molar-refractivity contribution in [1.29, 1.82) is 0 Å². The maximum Gasteiger partial charge on any atom is 0.229 e. The standard InChI is InChI=1S/C21H23ClN4O2/c1-13(2)28-17-8-6-16(7-9-17)24-20-11-14(3)23-21(26-20)25-18-12-15(22)5-10-19(18)27-4/h5-13H,1-4H3,(H2,23,24,25,26). The van der Waals surface area contributed by atoms with Gasteiger partial charge in [0, 0.05) is 22.5 Å². The van der Waals surface area contributed by atoms with Crippen LogP contribution in [0, 0.1) is 6.92 Å². The van der Waals surface area contributed by atoms with E-state index in [9.17, 15) is 0 Å². The first-order valence-corrected chi connectivity index (χ1v) is 9.31. The Morgan fingerprint density at radius 2 is 1.71 bits per heavy atom. The van der Waals surface area contributed by atoms with E-state index in [4.69, 9.17) is 21.1 Å². The minimum Gasteiger partial charge on any atom is -0.495 e. The summed E-state index contributed by atoms with van der Waals surface area (Å²) < 4.78 is 11.0. The molecule has 1 heterocycles. The molecule has 0 atom stereocenters. The van der Waals surface area contributed by atoms with Gasteiger partial charge in [-0.15, -0.1) is 0 Å². The molecule has 0 aliphatic carbocycles. The molecule has 0 aliphatic rings. The van der Waals surface area contributed by atoms with E-state index >= 15 is 0 Å². The fourth-order valence-electron chi connectivity index (χ4n) is 2.62. The summed E-state index contributed by atoms with van der Waals surface area (Å²) in [5.41, 5.74) is 2.42. The highest BCUT2D eigenvalue weighted by Gasteiger charge is 2.08. The summed E-state index contributed by atoms with van der Waals surface area (Å²) in [5, 5.41) is 7.05. The number of aromatic nitrogens is 2. The van der Waals surface area contributed by atoms with Crippen LogP contribution in [0.4, 0.5) is 23.1 Å². The van der Waals surface area contributed by atoms with Crippen LogP contribution in [0.5, 0.6) is 11.5 Å². The molecule has 7 heteroatoms. The first kappa shape index (κ1) is 19.8. The molecular weight excluding hydrogens is 376 g/mol. The summed E-state index contributed by atoms with van der Waals surface area (Å²) in [7, 11) is 1.60. The lowest BCUT2D eigenvalue weighted by atomic mass is 10.3. The van der Waals surface area contributed by atoms with Crippen molar-refractivity contribution in [2.45, 2.75) is 26.9 Å². The van der Waals surface area contributed by atoms with Crippen LogP contribution in [0.2, 0.25) is 5.02 Å². The number of hydrogen-bond acceptors (Lipinski definition) is 6. The van der Waals surface area contributed by atoms with Crippen molar-refractivity contribution in [1.82, 2.24) is 9.97 Å². The van der Waals surface area contributed by atoms with E-state index in [2.05, 4.69) is 20.6 Å². The van der Waals surface area contributed by atoms with Crippen LogP contribution in [0.25, 0.3) is 0 Å². The molecule has 0 aliphatic heterocycles. The number of ether oxygens (including phenoxy) is 2. The number of halogens is 1. The third kappa shape index (κ3) is 5.27. The largest absolute Gasteiger partial charge is 0.495 e. The van der Waals surface area contributed by atoms with E-state index < -0.39 is 0 Å². The molecule has 0 saturated carbocycles. The van der Waals surface area contributed by atoms with Gasteiger partial charge >= 0.3 is 0 Å². The van der Waals surface area contributed by atoms with Crippen LogP contribution in [0.15, 0.2) is 48.5 Å². The Morgan fingerprint density at radius 3 is 2.39 bits per heavy atom. The lowest BCUT2D eigenvalue weighted by molar-refractivity contribution is 0.242. The lowest BCUT2D eigenvalue weighted by Gasteiger charge is -2.13. The van der Waals surface area contributed by atoms with Crippen LogP contribution in [-0.2, 0) is 0 Å². The number of benzene rings is 2. The molecule has 0 amide bonds. The molecule has 2 aromatic carbocycles.